The molecular formula is C11H19N5O. The molecule has 1 aliphatic rings. The van der Waals surface area contributed by atoms with E-state index >= 15 is 0 Å². The Balaban J connectivity index is 1.80. The van der Waals surface area contributed by atoms with Crippen molar-refractivity contribution < 1.29 is 4.79 Å². The predicted octanol–water partition coefficient (Wildman–Crippen LogP) is -0.216. The maximum absolute atomic E-state index is 12.1. The lowest BCUT2D eigenvalue weighted by molar-refractivity contribution is -0.130. The molecule has 0 spiro atoms. The van der Waals surface area contributed by atoms with E-state index in [1.54, 1.807) is 17.1 Å². The van der Waals surface area contributed by atoms with Crippen LogP contribution in [0.25, 0.3) is 0 Å². The Morgan fingerprint density at radius 3 is 3.12 bits per heavy atom. The first kappa shape index (κ1) is 12.0. The molecule has 1 unspecified atom stereocenters. The zero-order valence-electron chi connectivity index (χ0n) is 10.1. The Hall–Kier alpha value is -1.43. The second-order valence-corrected chi connectivity index (χ2v) is 4.48. The molecule has 1 aromatic heterocycles. The number of hydrogen-bond acceptors (Lipinski definition) is 4. The summed E-state index contributed by atoms with van der Waals surface area (Å²) in [4.78, 5) is 12.1. The molecule has 2 rings (SSSR count). The van der Waals surface area contributed by atoms with Crippen LogP contribution in [0.5, 0.6) is 0 Å². The van der Waals surface area contributed by atoms with E-state index in [9.17, 15) is 4.79 Å². The van der Waals surface area contributed by atoms with Crippen LogP contribution in [-0.4, -0.2) is 40.5 Å². The van der Waals surface area contributed by atoms with E-state index in [4.69, 9.17) is 0 Å². The van der Waals surface area contributed by atoms with Crippen LogP contribution in [0.2, 0.25) is 0 Å². The van der Waals surface area contributed by atoms with E-state index in [1.807, 2.05) is 0 Å². The van der Waals surface area contributed by atoms with Crippen molar-refractivity contribution in [3.63, 3.8) is 0 Å². The Bertz CT molecular complexity index is 356. The van der Waals surface area contributed by atoms with Crippen molar-refractivity contribution in [3.8, 4) is 0 Å². The fourth-order valence-electron chi connectivity index (χ4n) is 2.22. The highest BCUT2D eigenvalue weighted by Crippen LogP contribution is 2.29. The lowest BCUT2D eigenvalue weighted by Crippen LogP contribution is -2.43. The molecule has 1 amide bonds. The van der Waals surface area contributed by atoms with E-state index in [1.165, 1.54) is 0 Å². The first-order chi connectivity index (χ1) is 8.27. The standard InChI is InChI=1S/C11H19N5O/c1-2-11(3-4-12-9-11)10(17)13-5-7-16-8-6-14-15-16/h6,8,12H,2-5,7,9H2,1H3,(H,13,17). The monoisotopic (exact) mass is 237 g/mol. The number of aromatic nitrogens is 3. The van der Waals surface area contributed by atoms with Gasteiger partial charge in [-0.05, 0) is 19.4 Å². The average molecular weight is 237 g/mol. The van der Waals surface area contributed by atoms with E-state index in [-0.39, 0.29) is 11.3 Å². The quantitative estimate of drug-likeness (QED) is 0.743. The smallest absolute Gasteiger partial charge is 0.227 e. The van der Waals surface area contributed by atoms with Crippen LogP contribution in [0.15, 0.2) is 12.4 Å². The number of amides is 1. The summed E-state index contributed by atoms with van der Waals surface area (Å²) in [5.74, 6) is 0.158. The van der Waals surface area contributed by atoms with Crippen LogP contribution in [0.4, 0.5) is 0 Å². The van der Waals surface area contributed by atoms with Gasteiger partial charge in [0.2, 0.25) is 5.91 Å². The minimum Gasteiger partial charge on any atom is -0.354 e. The average Bonchev–Trinajstić information content (AvgIpc) is 3.00. The summed E-state index contributed by atoms with van der Waals surface area (Å²) in [5.41, 5.74) is -0.206. The largest absolute Gasteiger partial charge is 0.354 e. The van der Waals surface area contributed by atoms with Gasteiger partial charge in [0.25, 0.3) is 0 Å². The predicted molar refractivity (Wildman–Crippen MR) is 63.2 cm³/mol. The van der Waals surface area contributed by atoms with Gasteiger partial charge in [-0.15, -0.1) is 5.10 Å². The molecule has 6 nitrogen and oxygen atoms in total. The van der Waals surface area contributed by atoms with Gasteiger partial charge in [-0.25, -0.2) is 0 Å². The van der Waals surface area contributed by atoms with E-state index in [0.29, 0.717) is 13.1 Å². The fraction of sp³-hybridized carbons (Fsp3) is 0.727. The number of nitrogens with zero attached hydrogens (tertiary/aromatic N) is 3. The Kier molecular flexibility index (Phi) is 3.73. The number of carbonyl (C=O) groups excluding carboxylic acids is 1. The lowest BCUT2D eigenvalue weighted by atomic mass is 9.83. The lowest BCUT2D eigenvalue weighted by Gasteiger charge is -2.25. The van der Waals surface area contributed by atoms with Crippen molar-refractivity contribution in [1.29, 1.82) is 0 Å². The molecule has 0 aliphatic carbocycles. The number of rotatable bonds is 5. The summed E-state index contributed by atoms with van der Waals surface area (Å²) >= 11 is 0. The third-order valence-electron chi connectivity index (χ3n) is 3.50. The third-order valence-corrected chi connectivity index (χ3v) is 3.50. The molecule has 1 aliphatic heterocycles. The van der Waals surface area contributed by atoms with Gasteiger partial charge in [0.1, 0.15) is 0 Å². The molecule has 1 aromatic rings. The zero-order valence-corrected chi connectivity index (χ0v) is 10.1. The van der Waals surface area contributed by atoms with Crippen LogP contribution in [0.3, 0.4) is 0 Å². The summed E-state index contributed by atoms with van der Waals surface area (Å²) in [6.07, 6.45) is 5.24. The van der Waals surface area contributed by atoms with Crippen LogP contribution in [0.1, 0.15) is 19.8 Å². The van der Waals surface area contributed by atoms with Crippen LogP contribution < -0.4 is 10.6 Å². The van der Waals surface area contributed by atoms with Gasteiger partial charge in [-0.3, -0.25) is 9.48 Å². The number of hydrogen-bond donors (Lipinski definition) is 2. The summed E-state index contributed by atoms with van der Waals surface area (Å²) in [6, 6.07) is 0. The fourth-order valence-corrected chi connectivity index (χ4v) is 2.22. The maximum Gasteiger partial charge on any atom is 0.227 e. The molecular weight excluding hydrogens is 218 g/mol. The summed E-state index contributed by atoms with van der Waals surface area (Å²) in [6.45, 7) is 5.07. The molecule has 2 N–H and O–H groups in total. The number of carbonyl (C=O) groups is 1. The molecule has 0 aromatic carbocycles. The second kappa shape index (κ2) is 5.27. The molecule has 6 heteroatoms. The van der Waals surface area contributed by atoms with Crippen molar-refractivity contribution in [1.82, 2.24) is 25.6 Å². The molecule has 0 saturated carbocycles. The van der Waals surface area contributed by atoms with Gasteiger partial charge in [0.15, 0.2) is 0 Å². The maximum atomic E-state index is 12.1. The zero-order chi connectivity index (χ0) is 12.1. The minimum atomic E-state index is -0.206. The van der Waals surface area contributed by atoms with Gasteiger partial charge in [-0.1, -0.05) is 12.1 Å². The number of nitrogens with one attached hydrogen (secondary N) is 2. The van der Waals surface area contributed by atoms with Crippen LogP contribution in [-0.2, 0) is 11.3 Å². The van der Waals surface area contributed by atoms with Gasteiger partial charge in [0.05, 0.1) is 18.2 Å². The highest BCUT2D eigenvalue weighted by molar-refractivity contribution is 5.83. The third kappa shape index (κ3) is 2.63. The molecule has 0 bridgehead atoms. The molecule has 2 heterocycles. The first-order valence-electron chi connectivity index (χ1n) is 6.10. The van der Waals surface area contributed by atoms with Gasteiger partial charge in [0, 0.05) is 19.3 Å². The van der Waals surface area contributed by atoms with Crippen molar-refractivity contribution >= 4 is 5.91 Å². The minimum absolute atomic E-state index is 0.158. The van der Waals surface area contributed by atoms with Crippen molar-refractivity contribution in [3.05, 3.63) is 12.4 Å². The molecule has 94 valence electrons. The van der Waals surface area contributed by atoms with Crippen molar-refractivity contribution in [2.75, 3.05) is 19.6 Å². The molecule has 1 atom stereocenters. The Morgan fingerprint density at radius 2 is 2.53 bits per heavy atom. The van der Waals surface area contributed by atoms with Crippen LogP contribution >= 0.6 is 0 Å². The highest BCUT2D eigenvalue weighted by atomic mass is 16.2. The summed E-state index contributed by atoms with van der Waals surface area (Å²) in [5, 5.41) is 13.8. The Labute approximate surface area is 101 Å². The first-order valence-corrected chi connectivity index (χ1v) is 6.10. The molecule has 1 saturated heterocycles. The molecule has 1 fully saturated rings. The second-order valence-electron chi connectivity index (χ2n) is 4.48. The van der Waals surface area contributed by atoms with Crippen molar-refractivity contribution in [2.24, 2.45) is 5.41 Å². The Morgan fingerprint density at radius 1 is 1.65 bits per heavy atom. The van der Waals surface area contributed by atoms with Gasteiger partial charge < -0.3 is 10.6 Å². The van der Waals surface area contributed by atoms with Crippen LogP contribution in [0, 0.1) is 5.41 Å². The van der Waals surface area contributed by atoms with Gasteiger partial charge in [-0.2, -0.15) is 0 Å². The van der Waals surface area contributed by atoms with E-state index in [0.717, 1.165) is 25.9 Å². The normalized spacial score (nSPS) is 23.8. The topological polar surface area (TPSA) is 71.8 Å². The summed E-state index contributed by atoms with van der Waals surface area (Å²) < 4.78 is 1.71. The van der Waals surface area contributed by atoms with Crippen molar-refractivity contribution in [2.45, 2.75) is 26.3 Å². The van der Waals surface area contributed by atoms with E-state index < -0.39 is 0 Å². The highest BCUT2D eigenvalue weighted by Gasteiger charge is 2.38. The molecule has 0 radical (unpaired) electrons. The molecule has 17 heavy (non-hydrogen) atoms. The summed E-state index contributed by atoms with van der Waals surface area (Å²) in [7, 11) is 0. The van der Waals surface area contributed by atoms with E-state index in [2.05, 4.69) is 27.9 Å². The SMILES string of the molecule is CCC1(C(=O)NCCn2ccnn2)CCNC1. The van der Waals surface area contributed by atoms with Gasteiger partial charge >= 0.3 is 0 Å².